The number of carbonyl (C=O) groups excluding carboxylic acids is 1. The zero-order valence-electron chi connectivity index (χ0n) is 17.2. The summed E-state index contributed by atoms with van der Waals surface area (Å²) in [4.78, 5) is 14.7. The highest BCUT2D eigenvalue weighted by Gasteiger charge is 2.32. The number of sulfonamides is 1. The molecule has 3 rings (SSSR count). The summed E-state index contributed by atoms with van der Waals surface area (Å²) >= 11 is 5.74. The first-order valence-corrected chi connectivity index (χ1v) is 11.5. The summed E-state index contributed by atoms with van der Waals surface area (Å²) in [6, 6.07) is 8.80. The number of halogens is 2. The molecule has 2 aromatic carbocycles. The SMILES string of the molecule is Cc1cccc(C)c1NC(=O)C(C)N1CCN(S(=O)(=O)c2ccc(F)c(Cl)c2)CC1. The van der Waals surface area contributed by atoms with Crippen molar-refractivity contribution in [1.82, 2.24) is 9.21 Å². The number of piperazine rings is 1. The summed E-state index contributed by atoms with van der Waals surface area (Å²) in [6.07, 6.45) is 0. The zero-order chi connectivity index (χ0) is 22.1. The average molecular weight is 454 g/mol. The number of anilines is 1. The maximum Gasteiger partial charge on any atom is 0.243 e. The van der Waals surface area contributed by atoms with E-state index in [9.17, 15) is 17.6 Å². The third-order valence-corrected chi connectivity index (χ3v) is 7.64. The molecule has 0 spiro atoms. The highest BCUT2D eigenvalue weighted by molar-refractivity contribution is 7.89. The van der Waals surface area contributed by atoms with Crippen molar-refractivity contribution in [3.63, 3.8) is 0 Å². The normalized spacial score (nSPS) is 17.0. The first kappa shape index (κ1) is 22.7. The minimum absolute atomic E-state index is 0.0387. The molecule has 1 heterocycles. The number of amides is 1. The molecule has 9 heteroatoms. The Morgan fingerprint density at radius 2 is 1.70 bits per heavy atom. The van der Waals surface area contributed by atoms with Crippen molar-refractivity contribution in [1.29, 1.82) is 0 Å². The van der Waals surface area contributed by atoms with Crippen LogP contribution in [0.4, 0.5) is 10.1 Å². The second kappa shape index (κ2) is 9.01. The summed E-state index contributed by atoms with van der Waals surface area (Å²) in [5.74, 6) is -0.793. The number of aryl methyl sites for hydroxylation is 2. The van der Waals surface area contributed by atoms with Crippen LogP contribution in [0.3, 0.4) is 0 Å². The molecule has 0 aromatic heterocycles. The second-order valence-corrected chi connectivity index (χ2v) is 9.79. The van der Waals surface area contributed by atoms with E-state index < -0.39 is 21.9 Å². The maximum atomic E-state index is 13.4. The Kier molecular flexibility index (Phi) is 6.81. The van der Waals surface area contributed by atoms with Gasteiger partial charge in [0.1, 0.15) is 5.82 Å². The summed E-state index contributed by atoms with van der Waals surface area (Å²) in [5.41, 5.74) is 2.79. The third-order valence-electron chi connectivity index (χ3n) is 5.46. The highest BCUT2D eigenvalue weighted by atomic mass is 35.5. The lowest BCUT2D eigenvalue weighted by Crippen LogP contribution is -2.53. The number of nitrogens with zero attached hydrogens (tertiary/aromatic N) is 2. The van der Waals surface area contributed by atoms with Gasteiger partial charge in [0.2, 0.25) is 15.9 Å². The van der Waals surface area contributed by atoms with Gasteiger partial charge in [-0.3, -0.25) is 9.69 Å². The molecule has 0 bridgehead atoms. The fourth-order valence-electron chi connectivity index (χ4n) is 3.52. The van der Waals surface area contributed by atoms with Crippen LogP contribution in [-0.4, -0.2) is 55.8 Å². The number of carbonyl (C=O) groups is 1. The number of hydrogen-bond acceptors (Lipinski definition) is 4. The quantitative estimate of drug-likeness (QED) is 0.753. The van der Waals surface area contributed by atoms with Crippen LogP contribution in [0.2, 0.25) is 5.02 Å². The van der Waals surface area contributed by atoms with Crippen molar-refractivity contribution in [2.24, 2.45) is 0 Å². The average Bonchev–Trinajstić information content (AvgIpc) is 2.72. The number of para-hydroxylation sites is 1. The molecule has 1 amide bonds. The number of benzene rings is 2. The summed E-state index contributed by atoms with van der Waals surface area (Å²) in [6.45, 7) is 6.99. The Balaban J connectivity index is 1.64. The van der Waals surface area contributed by atoms with Crippen LogP contribution >= 0.6 is 11.6 Å². The van der Waals surface area contributed by atoms with Gasteiger partial charge in [0.25, 0.3) is 0 Å². The standard InChI is InChI=1S/C21H25ClFN3O3S/c1-14-5-4-6-15(2)20(14)24-21(27)16(3)25-9-11-26(12-10-25)30(28,29)17-7-8-19(23)18(22)13-17/h4-8,13,16H,9-12H2,1-3H3,(H,24,27). The molecule has 1 fully saturated rings. The monoisotopic (exact) mass is 453 g/mol. The van der Waals surface area contributed by atoms with Crippen molar-refractivity contribution < 1.29 is 17.6 Å². The van der Waals surface area contributed by atoms with E-state index in [0.29, 0.717) is 13.1 Å². The maximum absolute atomic E-state index is 13.4. The lowest BCUT2D eigenvalue weighted by Gasteiger charge is -2.36. The Labute approximate surface area is 181 Å². The van der Waals surface area contributed by atoms with E-state index in [1.807, 2.05) is 43.9 Å². The Morgan fingerprint density at radius 1 is 1.10 bits per heavy atom. The van der Waals surface area contributed by atoms with Crippen molar-refractivity contribution in [2.75, 3.05) is 31.5 Å². The molecule has 0 saturated carbocycles. The fourth-order valence-corrected chi connectivity index (χ4v) is 5.22. The number of rotatable bonds is 5. The molecule has 2 aromatic rings. The van der Waals surface area contributed by atoms with Crippen LogP contribution in [0.5, 0.6) is 0 Å². The molecule has 1 atom stereocenters. The Hall–Kier alpha value is -2.00. The van der Waals surface area contributed by atoms with Gasteiger partial charge in [-0.2, -0.15) is 4.31 Å². The van der Waals surface area contributed by atoms with E-state index in [-0.39, 0.29) is 28.9 Å². The summed E-state index contributed by atoms with van der Waals surface area (Å²) in [7, 11) is -3.78. The predicted molar refractivity (Wildman–Crippen MR) is 116 cm³/mol. The highest BCUT2D eigenvalue weighted by Crippen LogP contribution is 2.24. The summed E-state index contributed by atoms with van der Waals surface area (Å²) in [5, 5.41) is 2.76. The van der Waals surface area contributed by atoms with E-state index in [0.717, 1.165) is 28.9 Å². The van der Waals surface area contributed by atoms with Crippen molar-refractivity contribution in [2.45, 2.75) is 31.7 Å². The zero-order valence-corrected chi connectivity index (χ0v) is 18.7. The number of hydrogen-bond donors (Lipinski definition) is 1. The van der Waals surface area contributed by atoms with Crippen LogP contribution in [0.1, 0.15) is 18.1 Å². The summed E-state index contributed by atoms with van der Waals surface area (Å²) < 4.78 is 40.4. The van der Waals surface area contributed by atoms with Crippen LogP contribution < -0.4 is 5.32 Å². The van der Waals surface area contributed by atoms with Gasteiger partial charge in [0, 0.05) is 31.9 Å². The van der Waals surface area contributed by atoms with Gasteiger partial charge in [0.15, 0.2) is 0 Å². The smallest absolute Gasteiger partial charge is 0.243 e. The molecule has 1 unspecified atom stereocenters. The fraction of sp³-hybridized carbons (Fsp3) is 0.381. The molecule has 0 radical (unpaired) electrons. The topological polar surface area (TPSA) is 69.7 Å². The lowest BCUT2D eigenvalue weighted by atomic mass is 10.1. The van der Waals surface area contributed by atoms with Crippen molar-refractivity contribution in [3.8, 4) is 0 Å². The molecule has 1 aliphatic rings. The van der Waals surface area contributed by atoms with Crippen LogP contribution in [0.15, 0.2) is 41.3 Å². The third kappa shape index (κ3) is 4.67. The van der Waals surface area contributed by atoms with Gasteiger partial charge in [0.05, 0.1) is 16.0 Å². The molecule has 162 valence electrons. The van der Waals surface area contributed by atoms with Gasteiger partial charge in [-0.25, -0.2) is 12.8 Å². The second-order valence-electron chi connectivity index (χ2n) is 7.45. The minimum atomic E-state index is -3.78. The first-order valence-electron chi connectivity index (χ1n) is 9.67. The number of nitrogens with one attached hydrogen (secondary N) is 1. The van der Waals surface area contributed by atoms with Crippen molar-refractivity contribution in [3.05, 3.63) is 58.4 Å². The Bertz CT molecular complexity index is 1030. The lowest BCUT2D eigenvalue weighted by molar-refractivity contribution is -0.121. The van der Waals surface area contributed by atoms with Gasteiger partial charge < -0.3 is 5.32 Å². The molecule has 0 aliphatic carbocycles. The molecule has 30 heavy (non-hydrogen) atoms. The van der Waals surface area contributed by atoms with E-state index in [4.69, 9.17) is 11.6 Å². The van der Waals surface area contributed by atoms with E-state index >= 15 is 0 Å². The molecule has 1 N–H and O–H groups in total. The molecule has 1 saturated heterocycles. The molecular weight excluding hydrogens is 429 g/mol. The largest absolute Gasteiger partial charge is 0.324 e. The van der Waals surface area contributed by atoms with Gasteiger partial charge in [-0.1, -0.05) is 29.8 Å². The van der Waals surface area contributed by atoms with Crippen LogP contribution in [0, 0.1) is 19.7 Å². The van der Waals surface area contributed by atoms with Crippen LogP contribution in [-0.2, 0) is 14.8 Å². The van der Waals surface area contributed by atoms with E-state index in [1.54, 1.807) is 0 Å². The predicted octanol–water partition coefficient (Wildman–Crippen LogP) is 3.43. The van der Waals surface area contributed by atoms with Crippen LogP contribution in [0.25, 0.3) is 0 Å². The van der Waals surface area contributed by atoms with E-state index in [2.05, 4.69) is 5.32 Å². The molecular formula is C21H25ClFN3O3S. The van der Waals surface area contributed by atoms with Gasteiger partial charge >= 0.3 is 0 Å². The van der Waals surface area contributed by atoms with Crippen molar-refractivity contribution >= 4 is 33.2 Å². The molecule has 6 nitrogen and oxygen atoms in total. The minimum Gasteiger partial charge on any atom is -0.324 e. The van der Waals surface area contributed by atoms with Gasteiger partial charge in [-0.15, -0.1) is 0 Å². The Morgan fingerprint density at radius 3 is 2.27 bits per heavy atom. The molecule has 1 aliphatic heterocycles. The van der Waals surface area contributed by atoms with Gasteiger partial charge in [-0.05, 0) is 50.1 Å². The first-order chi connectivity index (χ1) is 14.1. The van der Waals surface area contributed by atoms with E-state index in [1.165, 1.54) is 10.4 Å².